The molecule has 1 unspecified atom stereocenters. The fourth-order valence-corrected chi connectivity index (χ4v) is 2.25. The van der Waals surface area contributed by atoms with E-state index in [0.717, 1.165) is 25.8 Å². The van der Waals surface area contributed by atoms with Crippen LogP contribution in [0.2, 0.25) is 0 Å². The van der Waals surface area contributed by atoms with E-state index in [1.807, 2.05) is 7.05 Å². The first-order valence-electron chi connectivity index (χ1n) is 5.82. The average Bonchev–Trinajstić information content (AvgIpc) is 2.97. The van der Waals surface area contributed by atoms with Gasteiger partial charge in [-0.15, -0.1) is 12.4 Å². The second kappa shape index (κ2) is 5.69. The number of hydrogen-bond acceptors (Lipinski definition) is 3. The topological polar surface area (TPSA) is 60.9 Å². The molecular weight excluding hydrogens is 244 g/mol. The van der Waals surface area contributed by atoms with Crippen molar-refractivity contribution in [2.75, 3.05) is 20.1 Å². The van der Waals surface area contributed by atoms with Gasteiger partial charge in [0.15, 0.2) is 0 Å². The zero-order valence-electron chi connectivity index (χ0n) is 9.96. The van der Waals surface area contributed by atoms with Crippen molar-refractivity contribution in [2.24, 2.45) is 0 Å². The predicted molar refractivity (Wildman–Crippen MR) is 65.3 cm³/mol. The molecule has 0 radical (unpaired) electrons. The van der Waals surface area contributed by atoms with Gasteiger partial charge in [0.05, 0.1) is 6.54 Å². The van der Waals surface area contributed by atoms with Crippen LogP contribution in [0.5, 0.6) is 0 Å². The average molecular weight is 263 g/mol. The van der Waals surface area contributed by atoms with Crippen LogP contribution in [0.25, 0.3) is 0 Å². The lowest BCUT2D eigenvalue weighted by atomic mass is 10.2. The van der Waals surface area contributed by atoms with Gasteiger partial charge in [-0.05, 0) is 32.2 Å². The predicted octanol–water partition coefficient (Wildman–Crippen LogP) is 0.578. The van der Waals surface area contributed by atoms with E-state index in [2.05, 4.69) is 0 Å². The summed E-state index contributed by atoms with van der Waals surface area (Å²) in [6.45, 7) is 0.977. The molecule has 0 aromatic carbocycles. The van der Waals surface area contributed by atoms with Crippen molar-refractivity contribution in [3.8, 4) is 0 Å². The maximum Gasteiger partial charge on any atom is 0.320 e. The van der Waals surface area contributed by atoms with Crippen molar-refractivity contribution in [3.05, 3.63) is 0 Å². The number of rotatable bonds is 4. The zero-order chi connectivity index (χ0) is 11.7. The van der Waals surface area contributed by atoms with E-state index >= 15 is 0 Å². The van der Waals surface area contributed by atoms with Gasteiger partial charge in [-0.2, -0.15) is 0 Å². The minimum Gasteiger partial charge on any atom is -0.480 e. The highest BCUT2D eigenvalue weighted by atomic mass is 35.5. The molecule has 17 heavy (non-hydrogen) atoms. The highest BCUT2D eigenvalue weighted by Gasteiger charge is 2.35. The van der Waals surface area contributed by atoms with Crippen molar-refractivity contribution in [1.29, 1.82) is 0 Å². The Hall–Kier alpha value is -0.810. The number of likely N-dealkylation sites (tertiary alicyclic amines) is 1. The van der Waals surface area contributed by atoms with Gasteiger partial charge in [0.25, 0.3) is 0 Å². The maximum absolute atomic E-state index is 11.8. The molecule has 0 spiro atoms. The lowest BCUT2D eigenvalue weighted by Crippen LogP contribution is -2.44. The van der Waals surface area contributed by atoms with Crippen molar-refractivity contribution >= 4 is 24.3 Å². The number of hydrogen-bond donors (Lipinski definition) is 1. The van der Waals surface area contributed by atoms with Crippen LogP contribution in [0.4, 0.5) is 0 Å². The second-order valence-electron chi connectivity index (χ2n) is 4.70. The molecule has 1 aliphatic carbocycles. The Balaban J connectivity index is 0.00000144. The van der Waals surface area contributed by atoms with Crippen LogP contribution in [0.15, 0.2) is 0 Å². The van der Waals surface area contributed by atoms with Gasteiger partial charge in [0.2, 0.25) is 5.91 Å². The Morgan fingerprint density at radius 1 is 1.35 bits per heavy atom. The summed E-state index contributed by atoms with van der Waals surface area (Å²) in [4.78, 5) is 26.3. The van der Waals surface area contributed by atoms with Crippen LogP contribution in [0.1, 0.15) is 25.7 Å². The fraction of sp³-hybridized carbons (Fsp3) is 0.818. The smallest absolute Gasteiger partial charge is 0.320 e. The monoisotopic (exact) mass is 262 g/mol. The largest absolute Gasteiger partial charge is 0.480 e. The normalized spacial score (nSPS) is 24.2. The molecule has 2 aliphatic rings. The summed E-state index contributed by atoms with van der Waals surface area (Å²) in [6, 6.07) is -0.0602. The Kier molecular flexibility index (Phi) is 4.77. The maximum atomic E-state index is 11.8. The van der Waals surface area contributed by atoms with Gasteiger partial charge in [-0.3, -0.25) is 14.5 Å². The summed E-state index contributed by atoms with van der Waals surface area (Å²) >= 11 is 0. The first kappa shape index (κ1) is 14.3. The van der Waals surface area contributed by atoms with Gasteiger partial charge in [0, 0.05) is 13.1 Å². The SMILES string of the molecule is CN(C(=O)CN1CCCC1C(=O)O)C1CC1.Cl. The van der Waals surface area contributed by atoms with Gasteiger partial charge in [-0.1, -0.05) is 0 Å². The first-order valence-corrected chi connectivity index (χ1v) is 5.82. The molecule has 1 aliphatic heterocycles. The molecule has 5 nitrogen and oxygen atoms in total. The Labute approximate surface area is 107 Å². The van der Waals surface area contributed by atoms with Crippen molar-refractivity contribution in [1.82, 2.24) is 9.80 Å². The number of carboxylic acids is 1. The van der Waals surface area contributed by atoms with E-state index in [4.69, 9.17) is 5.11 Å². The zero-order valence-corrected chi connectivity index (χ0v) is 10.8. The highest BCUT2D eigenvalue weighted by Crippen LogP contribution is 2.26. The number of carbonyl (C=O) groups excluding carboxylic acids is 1. The first-order chi connectivity index (χ1) is 7.59. The number of likely N-dealkylation sites (N-methyl/N-ethyl adjacent to an activating group) is 1. The van der Waals surface area contributed by atoms with Crippen LogP contribution in [-0.2, 0) is 9.59 Å². The summed E-state index contributed by atoms with van der Waals surface area (Å²) in [6.07, 6.45) is 3.71. The van der Waals surface area contributed by atoms with Gasteiger partial charge < -0.3 is 10.0 Å². The molecule has 6 heteroatoms. The van der Waals surface area contributed by atoms with Crippen molar-refractivity contribution in [3.63, 3.8) is 0 Å². The van der Waals surface area contributed by atoms with Crippen LogP contribution in [-0.4, -0.2) is 59.0 Å². The molecule has 98 valence electrons. The highest BCUT2D eigenvalue weighted by molar-refractivity contribution is 5.85. The molecule has 1 heterocycles. The summed E-state index contributed by atoms with van der Waals surface area (Å²) in [5.74, 6) is -0.755. The number of carboxylic acid groups (broad SMARTS) is 1. The number of halogens is 1. The third-order valence-corrected chi connectivity index (χ3v) is 3.48. The molecule has 1 amide bonds. The van der Waals surface area contributed by atoms with Crippen LogP contribution in [0, 0.1) is 0 Å². The molecule has 1 saturated carbocycles. The standard InChI is InChI=1S/C11H18N2O3.ClH/c1-12(8-4-5-8)10(14)7-13-6-2-3-9(13)11(15)16;/h8-9H,2-7H2,1H3,(H,15,16);1H. The van der Waals surface area contributed by atoms with E-state index in [0.29, 0.717) is 12.5 Å². The quantitative estimate of drug-likeness (QED) is 0.805. The van der Waals surface area contributed by atoms with E-state index in [1.54, 1.807) is 9.80 Å². The van der Waals surface area contributed by atoms with E-state index in [9.17, 15) is 9.59 Å². The van der Waals surface area contributed by atoms with Gasteiger partial charge in [0.1, 0.15) is 6.04 Å². The second-order valence-corrected chi connectivity index (χ2v) is 4.70. The van der Waals surface area contributed by atoms with Crippen LogP contribution in [0.3, 0.4) is 0 Å². The molecule has 1 atom stereocenters. The minimum atomic E-state index is -0.806. The molecule has 2 fully saturated rings. The molecule has 0 aromatic heterocycles. The summed E-state index contributed by atoms with van der Waals surface area (Å²) in [5, 5.41) is 8.99. The van der Waals surface area contributed by atoms with Crippen molar-refractivity contribution in [2.45, 2.75) is 37.8 Å². The summed E-state index contributed by atoms with van der Waals surface area (Å²) in [7, 11) is 1.81. The lowest BCUT2D eigenvalue weighted by molar-refractivity contribution is -0.143. The Morgan fingerprint density at radius 3 is 2.53 bits per heavy atom. The fourth-order valence-electron chi connectivity index (χ4n) is 2.25. The number of aliphatic carboxylic acids is 1. The third kappa shape index (κ3) is 3.33. The number of amides is 1. The molecular formula is C11H19ClN2O3. The van der Waals surface area contributed by atoms with E-state index in [-0.39, 0.29) is 24.9 Å². The van der Waals surface area contributed by atoms with E-state index < -0.39 is 12.0 Å². The molecule has 0 bridgehead atoms. The molecule has 2 rings (SSSR count). The Morgan fingerprint density at radius 2 is 2.00 bits per heavy atom. The summed E-state index contributed by atoms with van der Waals surface area (Å²) < 4.78 is 0. The lowest BCUT2D eigenvalue weighted by Gasteiger charge is -2.24. The van der Waals surface area contributed by atoms with Crippen LogP contribution < -0.4 is 0 Å². The number of carbonyl (C=O) groups is 2. The van der Waals surface area contributed by atoms with Gasteiger partial charge in [-0.25, -0.2) is 0 Å². The number of nitrogens with zero attached hydrogens (tertiary/aromatic N) is 2. The van der Waals surface area contributed by atoms with Crippen molar-refractivity contribution < 1.29 is 14.7 Å². The minimum absolute atomic E-state index is 0. The molecule has 1 saturated heterocycles. The molecule has 0 aromatic rings. The van der Waals surface area contributed by atoms with Gasteiger partial charge >= 0.3 is 5.97 Å². The molecule has 1 N–H and O–H groups in total. The van der Waals surface area contributed by atoms with Crippen LogP contribution >= 0.6 is 12.4 Å². The third-order valence-electron chi connectivity index (χ3n) is 3.48. The van der Waals surface area contributed by atoms with E-state index in [1.165, 1.54) is 0 Å². The summed E-state index contributed by atoms with van der Waals surface area (Å²) in [5.41, 5.74) is 0. The Bertz CT molecular complexity index is 307.